The Morgan fingerprint density at radius 3 is 2.50 bits per heavy atom. The van der Waals surface area contributed by atoms with E-state index >= 15 is 0 Å². The molecule has 134 valence electrons. The van der Waals surface area contributed by atoms with Crippen LogP contribution in [-0.4, -0.2) is 42.3 Å². The van der Waals surface area contributed by atoms with E-state index in [1.54, 1.807) is 0 Å². The van der Waals surface area contributed by atoms with Gasteiger partial charge in [-0.3, -0.25) is 4.79 Å². The highest BCUT2D eigenvalue weighted by atomic mass is 35.5. The molecule has 1 aromatic carbocycles. The number of carbonyl (C=O) groups is 1. The number of amides is 1. The molecule has 24 heavy (non-hydrogen) atoms. The van der Waals surface area contributed by atoms with Crippen molar-refractivity contribution in [1.29, 1.82) is 0 Å². The number of hydrogen-bond acceptors (Lipinski definition) is 3. The average molecular weight is 365 g/mol. The number of carbonyl (C=O) groups excluding carboxylic acids is 1. The fourth-order valence-corrected chi connectivity index (χ4v) is 3.46. The predicted octanol–water partition coefficient (Wildman–Crippen LogP) is 2.90. The Morgan fingerprint density at radius 2 is 1.83 bits per heavy atom. The number of halogens is 4. The van der Waals surface area contributed by atoms with Gasteiger partial charge in [0.2, 0.25) is 5.91 Å². The molecule has 2 aliphatic rings. The van der Waals surface area contributed by atoms with Gasteiger partial charge in [0.05, 0.1) is 6.42 Å². The summed E-state index contributed by atoms with van der Waals surface area (Å²) in [5.41, 5.74) is 0.695. The second kappa shape index (κ2) is 7.61. The van der Waals surface area contributed by atoms with Gasteiger partial charge in [0.15, 0.2) is 0 Å². The van der Waals surface area contributed by atoms with E-state index in [4.69, 9.17) is 0 Å². The third kappa shape index (κ3) is 4.54. The van der Waals surface area contributed by atoms with Gasteiger partial charge in [0, 0.05) is 18.6 Å². The number of fused-ring (bicyclic) bond motifs is 2. The highest BCUT2D eigenvalue weighted by Gasteiger charge is 2.37. The molecule has 8 heteroatoms. The highest BCUT2D eigenvalue weighted by molar-refractivity contribution is 5.85. The predicted molar refractivity (Wildman–Crippen MR) is 85.2 cm³/mol. The number of hydrogen-bond donors (Lipinski definition) is 1. The van der Waals surface area contributed by atoms with Crippen LogP contribution >= 0.6 is 12.4 Å². The summed E-state index contributed by atoms with van der Waals surface area (Å²) in [7, 11) is 0. The van der Waals surface area contributed by atoms with Crippen molar-refractivity contribution in [2.75, 3.05) is 13.1 Å². The van der Waals surface area contributed by atoms with Crippen molar-refractivity contribution in [1.82, 2.24) is 10.2 Å². The molecule has 2 aliphatic heterocycles. The zero-order valence-electron chi connectivity index (χ0n) is 13.0. The minimum Gasteiger partial charge on any atom is -0.406 e. The van der Waals surface area contributed by atoms with Crippen molar-refractivity contribution >= 4 is 18.3 Å². The first-order valence-electron chi connectivity index (χ1n) is 7.79. The fraction of sp³-hybridized carbons (Fsp3) is 0.562. The molecule has 1 aromatic rings. The first-order chi connectivity index (χ1) is 10.9. The Balaban J connectivity index is 0.00000208. The van der Waals surface area contributed by atoms with Crippen LogP contribution in [0.1, 0.15) is 24.8 Å². The number of rotatable bonds is 3. The summed E-state index contributed by atoms with van der Waals surface area (Å²) in [6.45, 7) is 1.75. The molecule has 4 nitrogen and oxygen atoms in total. The number of nitrogens with zero attached hydrogens (tertiary/aromatic N) is 1. The molecule has 0 aromatic heterocycles. The van der Waals surface area contributed by atoms with Crippen LogP contribution in [0, 0.1) is 0 Å². The molecule has 2 saturated heterocycles. The number of nitrogens with one attached hydrogen (secondary N) is 1. The van der Waals surface area contributed by atoms with Crippen molar-refractivity contribution in [3.05, 3.63) is 29.8 Å². The second-order valence-corrected chi connectivity index (χ2v) is 6.05. The molecule has 0 radical (unpaired) electrons. The molecule has 2 atom stereocenters. The molecule has 0 spiro atoms. The summed E-state index contributed by atoms with van der Waals surface area (Å²) in [6.07, 6.45) is -1.48. The van der Waals surface area contributed by atoms with E-state index < -0.39 is 6.36 Å². The lowest BCUT2D eigenvalue weighted by molar-refractivity contribution is -0.274. The van der Waals surface area contributed by atoms with Gasteiger partial charge in [0.25, 0.3) is 0 Å². The molecule has 2 bridgehead atoms. The SMILES string of the molecule is Cl.O=C(Cc1ccc(OC(F)(F)F)cc1)N1C2CCNCC1CC2. The zero-order chi connectivity index (χ0) is 16.4. The summed E-state index contributed by atoms with van der Waals surface area (Å²) in [6, 6.07) is 6.04. The van der Waals surface area contributed by atoms with Gasteiger partial charge in [-0.2, -0.15) is 0 Å². The Bertz CT molecular complexity index is 551. The molecule has 1 amide bonds. The van der Waals surface area contributed by atoms with E-state index in [1.165, 1.54) is 24.3 Å². The first-order valence-corrected chi connectivity index (χ1v) is 7.79. The molecule has 2 unspecified atom stereocenters. The molecule has 0 aliphatic carbocycles. The monoisotopic (exact) mass is 364 g/mol. The summed E-state index contributed by atoms with van der Waals surface area (Å²) in [5, 5.41) is 3.34. The Morgan fingerprint density at radius 1 is 1.17 bits per heavy atom. The fourth-order valence-electron chi connectivity index (χ4n) is 3.46. The van der Waals surface area contributed by atoms with Crippen molar-refractivity contribution in [2.24, 2.45) is 0 Å². The minimum atomic E-state index is -4.70. The largest absolute Gasteiger partial charge is 0.573 e. The summed E-state index contributed by atoms with van der Waals surface area (Å²) in [5.74, 6) is -0.224. The van der Waals surface area contributed by atoms with Crippen LogP contribution < -0.4 is 10.1 Å². The molecule has 0 saturated carbocycles. The molecule has 2 heterocycles. The maximum Gasteiger partial charge on any atom is 0.573 e. The van der Waals surface area contributed by atoms with Gasteiger partial charge >= 0.3 is 6.36 Å². The number of benzene rings is 1. The van der Waals surface area contributed by atoms with E-state index in [1.807, 2.05) is 4.90 Å². The number of alkyl halides is 3. The normalized spacial score (nSPS) is 23.4. The van der Waals surface area contributed by atoms with Crippen molar-refractivity contribution in [3.63, 3.8) is 0 Å². The van der Waals surface area contributed by atoms with Crippen molar-refractivity contribution < 1.29 is 22.7 Å². The molecule has 1 N–H and O–H groups in total. The zero-order valence-corrected chi connectivity index (χ0v) is 13.8. The minimum absolute atomic E-state index is 0. The lowest BCUT2D eigenvalue weighted by Crippen LogP contribution is -2.43. The van der Waals surface area contributed by atoms with Crippen molar-refractivity contribution in [3.8, 4) is 5.75 Å². The molecular weight excluding hydrogens is 345 g/mol. The summed E-state index contributed by atoms with van der Waals surface area (Å²) in [4.78, 5) is 14.6. The maximum absolute atomic E-state index is 12.6. The maximum atomic E-state index is 12.6. The molecule has 3 rings (SSSR count). The Labute approximate surface area is 144 Å². The van der Waals surface area contributed by atoms with E-state index in [2.05, 4.69) is 10.1 Å². The van der Waals surface area contributed by atoms with E-state index in [-0.39, 0.29) is 42.6 Å². The summed E-state index contributed by atoms with van der Waals surface area (Å²) >= 11 is 0. The van der Waals surface area contributed by atoms with E-state index in [9.17, 15) is 18.0 Å². The van der Waals surface area contributed by atoms with Gasteiger partial charge in [-0.05, 0) is 43.5 Å². The number of ether oxygens (including phenoxy) is 1. The van der Waals surface area contributed by atoms with Crippen LogP contribution in [0.4, 0.5) is 13.2 Å². The van der Waals surface area contributed by atoms with Crippen LogP contribution in [0.2, 0.25) is 0 Å². The van der Waals surface area contributed by atoms with Crippen LogP contribution in [0.3, 0.4) is 0 Å². The third-order valence-electron chi connectivity index (χ3n) is 4.45. The van der Waals surface area contributed by atoms with Gasteiger partial charge in [-0.1, -0.05) is 12.1 Å². The summed E-state index contributed by atoms with van der Waals surface area (Å²) < 4.78 is 40.2. The van der Waals surface area contributed by atoms with E-state index in [0.717, 1.165) is 32.4 Å². The van der Waals surface area contributed by atoms with E-state index in [0.29, 0.717) is 5.56 Å². The second-order valence-electron chi connectivity index (χ2n) is 6.05. The smallest absolute Gasteiger partial charge is 0.406 e. The lowest BCUT2D eigenvalue weighted by Gasteiger charge is -2.28. The topological polar surface area (TPSA) is 41.6 Å². The third-order valence-corrected chi connectivity index (χ3v) is 4.45. The highest BCUT2D eigenvalue weighted by Crippen LogP contribution is 2.29. The van der Waals surface area contributed by atoms with Gasteiger partial charge < -0.3 is 15.0 Å². The Kier molecular flexibility index (Phi) is 5.98. The van der Waals surface area contributed by atoms with Crippen LogP contribution in [-0.2, 0) is 11.2 Å². The lowest BCUT2D eigenvalue weighted by atomic mass is 10.1. The van der Waals surface area contributed by atoms with Gasteiger partial charge in [-0.25, -0.2) is 0 Å². The van der Waals surface area contributed by atoms with Gasteiger partial charge in [0.1, 0.15) is 5.75 Å². The molecular formula is C16H20ClF3N2O2. The Hall–Kier alpha value is -1.47. The van der Waals surface area contributed by atoms with Crippen LogP contribution in [0.15, 0.2) is 24.3 Å². The standard InChI is InChI=1S/C16H19F3N2O2.ClH/c17-16(18,19)23-14-5-1-11(2-6-14)9-15(22)21-12-3-4-13(21)10-20-8-7-12;/h1-2,5-6,12-13,20H,3-4,7-10H2;1H. The van der Waals surface area contributed by atoms with Crippen molar-refractivity contribution in [2.45, 2.75) is 44.1 Å². The van der Waals surface area contributed by atoms with Gasteiger partial charge in [-0.15, -0.1) is 25.6 Å². The van der Waals surface area contributed by atoms with Crippen LogP contribution in [0.5, 0.6) is 5.75 Å². The quantitative estimate of drug-likeness (QED) is 0.896. The average Bonchev–Trinajstić information content (AvgIpc) is 2.73. The molecule has 2 fully saturated rings. The first kappa shape index (κ1) is 18.9. The van der Waals surface area contributed by atoms with Crippen LogP contribution in [0.25, 0.3) is 0 Å².